The van der Waals surface area contributed by atoms with E-state index in [2.05, 4.69) is 15.9 Å². The minimum Gasteiger partial charge on any atom is -0.550 e. The molecular weight excluding hydrogens is 398 g/mol. The van der Waals surface area contributed by atoms with Crippen LogP contribution in [0.3, 0.4) is 0 Å². The summed E-state index contributed by atoms with van der Waals surface area (Å²) in [5.41, 5.74) is 3.46. The van der Waals surface area contributed by atoms with Gasteiger partial charge in [-0.2, -0.15) is 0 Å². The fraction of sp³-hybridized carbons (Fsp3) is 0.100. The SMILES string of the molecule is O=C([O-])CCc1ccc(-c2ccc(Br)cc2)n1-c1ccc(C(=O)[O-])cc1. The maximum atomic E-state index is 11.0. The highest BCUT2D eigenvalue weighted by Crippen LogP contribution is 2.28. The van der Waals surface area contributed by atoms with Crippen LogP contribution in [-0.2, 0) is 11.2 Å². The van der Waals surface area contributed by atoms with Crippen molar-refractivity contribution in [2.24, 2.45) is 0 Å². The van der Waals surface area contributed by atoms with Gasteiger partial charge in [-0.25, -0.2) is 0 Å². The van der Waals surface area contributed by atoms with Crippen LogP contribution in [0.2, 0.25) is 0 Å². The summed E-state index contributed by atoms with van der Waals surface area (Å²) in [7, 11) is 0. The van der Waals surface area contributed by atoms with Crippen molar-refractivity contribution in [1.82, 2.24) is 4.57 Å². The number of aryl methyl sites for hydroxylation is 1. The molecule has 0 unspecified atom stereocenters. The number of hydrogen-bond donors (Lipinski definition) is 0. The van der Waals surface area contributed by atoms with Gasteiger partial charge in [0.25, 0.3) is 0 Å². The lowest BCUT2D eigenvalue weighted by Gasteiger charge is -2.15. The maximum Gasteiger partial charge on any atom is 0.0715 e. The van der Waals surface area contributed by atoms with E-state index in [0.717, 1.165) is 27.1 Å². The summed E-state index contributed by atoms with van der Waals surface area (Å²) >= 11 is 3.41. The van der Waals surface area contributed by atoms with Gasteiger partial charge in [0.1, 0.15) is 0 Å². The third kappa shape index (κ3) is 3.86. The molecule has 2 aromatic carbocycles. The number of hydrogen-bond acceptors (Lipinski definition) is 4. The Balaban J connectivity index is 2.09. The quantitative estimate of drug-likeness (QED) is 0.620. The van der Waals surface area contributed by atoms with Gasteiger partial charge in [0, 0.05) is 21.8 Å². The predicted molar refractivity (Wildman–Crippen MR) is 96.6 cm³/mol. The van der Waals surface area contributed by atoms with Crippen LogP contribution in [0.1, 0.15) is 22.5 Å². The Hall–Kier alpha value is -2.86. The van der Waals surface area contributed by atoms with Crippen LogP contribution in [0.4, 0.5) is 0 Å². The van der Waals surface area contributed by atoms with Crippen LogP contribution in [0.15, 0.2) is 65.1 Å². The van der Waals surface area contributed by atoms with Crippen LogP contribution < -0.4 is 10.2 Å². The fourth-order valence-corrected chi connectivity index (χ4v) is 3.07. The molecule has 3 aromatic rings. The summed E-state index contributed by atoms with van der Waals surface area (Å²) in [6, 6.07) is 17.8. The van der Waals surface area contributed by atoms with Crippen LogP contribution in [0, 0.1) is 0 Å². The maximum absolute atomic E-state index is 11.0. The average Bonchev–Trinajstić information content (AvgIpc) is 3.04. The summed E-state index contributed by atoms with van der Waals surface area (Å²) in [5.74, 6) is -2.36. The molecule has 0 N–H and O–H groups in total. The monoisotopic (exact) mass is 411 g/mol. The standard InChI is InChI=1S/C20H16BrNO4/c21-15-5-1-13(2-6-15)18-11-9-17(10-12-19(23)24)22(18)16-7-3-14(4-8-16)20(25)26/h1-9,11H,10,12H2,(H,23,24)(H,25,26)/p-2. The van der Waals surface area contributed by atoms with E-state index in [9.17, 15) is 19.8 Å². The number of aromatic nitrogens is 1. The topological polar surface area (TPSA) is 85.2 Å². The molecule has 0 atom stereocenters. The summed E-state index contributed by atoms with van der Waals surface area (Å²) < 4.78 is 2.88. The number of aromatic carboxylic acids is 1. The van der Waals surface area contributed by atoms with Crippen molar-refractivity contribution in [3.05, 3.63) is 76.4 Å². The van der Waals surface area contributed by atoms with Gasteiger partial charge < -0.3 is 24.4 Å². The van der Waals surface area contributed by atoms with Gasteiger partial charge in [-0.1, -0.05) is 40.2 Å². The highest BCUT2D eigenvalue weighted by atomic mass is 79.9. The Kier molecular flexibility index (Phi) is 5.23. The van der Waals surface area contributed by atoms with E-state index in [1.807, 2.05) is 41.0 Å². The molecule has 0 aliphatic heterocycles. The average molecular weight is 412 g/mol. The van der Waals surface area contributed by atoms with Crippen molar-refractivity contribution < 1.29 is 19.8 Å². The van der Waals surface area contributed by atoms with Crippen LogP contribution in [0.5, 0.6) is 0 Å². The molecule has 5 nitrogen and oxygen atoms in total. The van der Waals surface area contributed by atoms with Crippen molar-refractivity contribution in [3.63, 3.8) is 0 Å². The molecule has 1 aromatic heterocycles. The molecule has 0 spiro atoms. The van der Waals surface area contributed by atoms with Gasteiger partial charge in [0.05, 0.1) is 11.7 Å². The summed E-state index contributed by atoms with van der Waals surface area (Å²) in [4.78, 5) is 21.8. The Labute approximate surface area is 158 Å². The molecule has 132 valence electrons. The Morgan fingerprint density at radius 3 is 2.12 bits per heavy atom. The summed E-state index contributed by atoms with van der Waals surface area (Å²) in [5, 5.41) is 21.8. The fourth-order valence-electron chi connectivity index (χ4n) is 2.80. The van der Waals surface area contributed by atoms with E-state index in [4.69, 9.17) is 0 Å². The molecule has 0 saturated carbocycles. The molecule has 3 rings (SSSR count). The molecule has 0 bridgehead atoms. The Morgan fingerprint density at radius 2 is 1.54 bits per heavy atom. The van der Waals surface area contributed by atoms with Crippen LogP contribution in [0.25, 0.3) is 16.9 Å². The highest BCUT2D eigenvalue weighted by Gasteiger charge is 2.12. The molecular formula is C20H14BrNO4-2. The largest absolute Gasteiger partial charge is 0.550 e. The van der Waals surface area contributed by atoms with Crippen molar-refractivity contribution in [2.45, 2.75) is 12.8 Å². The lowest BCUT2D eigenvalue weighted by molar-refractivity contribution is -0.305. The van der Waals surface area contributed by atoms with Crippen molar-refractivity contribution in [1.29, 1.82) is 0 Å². The first-order valence-electron chi connectivity index (χ1n) is 7.94. The van der Waals surface area contributed by atoms with Gasteiger partial charge in [-0.3, -0.25) is 0 Å². The normalized spacial score (nSPS) is 10.7. The summed E-state index contributed by atoms with van der Waals surface area (Å²) in [6.45, 7) is 0. The number of carbonyl (C=O) groups excluding carboxylic acids is 2. The molecule has 1 heterocycles. The zero-order valence-electron chi connectivity index (χ0n) is 13.6. The van der Waals surface area contributed by atoms with Crippen LogP contribution >= 0.6 is 15.9 Å². The second-order valence-corrected chi connectivity index (χ2v) is 6.67. The number of rotatable bonds is 6. The number of benzene rings is 2. The minimum atomic E-state index is -1.24. The number of carboxylic acids is 2. The Morgan fingerprint density at radius 1 is 0.885 bits per heavy atom. The first kappa shape index (κ1) is 17.9. The number of aliphatic carboxylic acids is 1. The number of carbonyl (C=O) groups is 2. The molecule has 0 fully saturated rings. The highest BCUT2D eigenvalue weighted by molar-refractivity contribution is 9.10. The van der Waals surface area contributed by atoms with Gasteiger partial charge in [-0.15, -0.1) is 0 Å². The zero-order valence-corrected chi connectivity index (χ0v) is 15.2. The molecule has 0 amide bonds. The zero-order chi connectivity index (χ0) is 18.7. The second-order valence-electron chi connectivity index (χ2n) is 5.76. The van der Waals surface area contributed by atoms with Crippen LogP contribution in [-0.4, -0.2) is 16.5 Å². The second kappa shape index (κ2) is 7.58. The van der Waals surface area contributed by atoms with Crippen molar-refractivity contribution in [3.8, 4) is 16.9 Å². The molecule has 0 aliphatic rings. The Bertz CT molecular complexity index is 943. The lowest BCUT2D eigenvalue weighted by Crippen LogP contribution is -2.23. The molecule has 0 saturated heterocycles. The smallest absolute Gasteiger partial charge is 0.0715 e. The van der Waals surface area contributed by atoms with Crippen molar-refractivity contribution >= 4 is 27.9 Å². The third-order valence-corrected chi connectivity index (χ3v) is 4.58. The minimum absolute atomic E-state index is 0.0855. The first-order chi connectivity index (χ1) is 12.5. The van der Waals surface area contributed by atoms with E-state index in [0.29, 0.717) is 6.42 Å². The first-order valence-corrected chi connectivity index (χ1v) is 8.73. The van der Waals surface area contributed by atoms with E-state index in [1.54, 1.807) is 12.1 Å². The summed E-state index contributed by atoms with van der Waals surface area (Å²) in [6.07, 6.45) is 0.210. The molecule has 0 aliphatic carbocycles. The lowest BCUT2D eigenvalue weighted by atomic mass is 10.1. The molecule has 6 heteroatoms. The van der Waals surface area contributed by atoms with E-state index in [1.165, 1.54) is 12.1 Å². The van der Waals surface area contributed by atoms with Crippen molar-refractivity contribution in [2.75, 3.05) is 0 Å². The number of nitrogens with zero attached hydrogens (tertiary/aromatic N) is 1. The van der Waals surface area contributed by atoms with Gasteiger partial charge in [-0.05, 0) is 60.4 Å². The van der Waals surface area contributed by atoms with E-state index in [-0.39, 0.29) is 12.0 Å². The van der Waals surface area contributed by atoms with Gasteiger partial charge in [0.15, 0.2) is 0 Å². The van der Waals surface area contributed by atoms with Gasteiger partial charge >= 0.3 is 0 Å². The predicted octanol–water partition coefficient (Wildman–Crippen LogP) is 1.95. The van der Waals surface area contributed by atoms with E-state index >= 15 is 0 Å². The van der Waals surface area contributed by atoms with Gasteiger partial charge in [0.2, 0.25) is 0 Å². The molecule has 26 heavy (non-hydrogen) atoms. The molecule has 0 radical (unpaired) electrons. The van der Waals surface area contributed by atoms with E-state index < -0.39 is 11.9 Å². The third-order valence-electron chi connectivity index (χ3n) is 4.05. The number of halogens is 1. The number of carboxylic acid groups (broad SMARTS) is 2.